The highest BCUT2D eigenvalue weighted by atomic mass is 16.6. The Kier molecular flexibility index (Phi) is 4.29. The third-order valence-electron chi connectivity index (χ3n) is 4.16. The Morgan fingerprint density at radius 1 is 1.28 bits per heavy atom. The molecule has 4 N–H and O–H groups in total. The average molecular weight is 341 g/mol. The van der Waals surface area contributed by atoms with Crippen molar-refractivity contribution in [3.63, 3.8) is 0 Å². The number of aromatic nitrogens is 1. The first-order valence-electron chi connectivity index (χ1n) is 8.35. The number of nitrogens with one attached hydrogen (secondary N) is 2. The summed E-state index contributed by atoms with van der Waals surface area (Å²) in [5.74, 6) is -0.455. The van der Waals surface area contributed by atoms with E-state index in [0.717, 1.165) is 34.9 Å². The molecule has 0 spiro atoms. The van der Waals surface area contributed by atoms with Gasteiger partial charge in [-0.05, 0) is 56.9 Å². The lowest BCUT2D eigenvalue weighted by Gasteiger charge is -2.21. The van der Waals surface area contributed by atoms with Crippen molar-refractivity contribution in [1.82, 2.24) is 10.3 Å². The van der Waals surface area contributed by atoms with Crippen LogP contribution in [-0.2, 0) is 4.74 Å². The number of aromatic amines is 1. The molecule has 1 unspecified atom stereocenters. The van der Waals surface area contributed by atoms with E-state index in [1.807, 2.05) is 32.9 Å². The first-order chi connectivity index (χ1) is 11.7. The highest BCUT2D eigenvalue weighted by molar-refractivity contribution is 6.07. The molecule has 6 heteroatoms. The second-order valence-electron chi connectivity index (χ2n) is 7.27. The molecule has 0 radical (unpaired) electrons. The second-order valence-corrected chi connectivity index (χ2v) is 7.27. The van der Waals surface area contributed by atoms with Gasteiger partial charge >= 0.3 is 6.09 Å². The van der Waals surface area contributed by atoms with Gasteiger partial charge in [0.25, 0.3) is 5.91 Å². The normalized spacial score (nSPS) is 17.4. The number of allylic oxidation sites excluding steroid dienone is 1. The lowest BCUT2D eigenvalue weighted by atomic mass is 9.98. The number of hydrogen-bond acceptors (Lipinski definition) is 3. The predicted molar refractivity (Wildman–Crippen MR) is 97.2 cm³/mol. The van der Waals surface area contributed by atoms with Crippen LogP contribution in [0.3, 0.4) is 0 Å². The minimum absolute atomic E-state index is 0.0605. The Balaban J connectivity index is 1.83. The minimum Gasteiger partial charge on any atom is -0.444 e. The van der Waals surface area contributed by atoms with E-state index in [-0.39, 0.29) is 6.04 Å². The van der Waals surface area contributed by atoms with Crippen molar-refractivity contribution in [3.05, 3.63) is 41.6 Å². The Hall–Kier alpha value is -2.76. The first kappa shape index (κ1) is 17.1. The van der Waals surface area contributed by atoms with E-state index in [1.54, 1.807) is 12.3 Å². The summed E-state index contributed by atoms with van der Waals surface area (Å²) in [5.41, 5.74) is 8.33. The molecule has 2 aromatic rings. The summed E-state index contributed by atoms with van der Waals surface area (Å²) in [6.07, 6.45) is 5.10. The summed E-state index contributed by atoms with van der Waals surface area (Å²) in [6.45, 7) is 5.52. The summed E-state index contributed by atoms with van der Waals surface area (Å²) in [5, 5.41) is 3.85. The van der Waals surface area contributed by atoms with Gasteiger partial charge < -0.3 is 20.8 Å². The molecule has 25 heavy (non-hydrogen) atoms. The fraction of sp³-hybridized carbons (Fsp3) is 0.368. The number of rotatable bonds is 3. The zero-order valence-corrected chi connectivity index (χ0v) is 14.7. The molecule has 0 fully saturated rings. The largest absolute Gasteiger partial charge is 0.444 e. The van der Waals surface area contributed by atoms with Crippen molar-refractivity contribution in [2.45, 2.75) is 45.3 Å². The highest BCUT2D eigenvalue weighted by Crippen LogP contribution is 2.34. The van der Waals surface area contributed by atoms with Crippen LogP contribution in [-0.4, -0.2) is 28.6 Å². The van der Waals surface area contributed by atoms with Crippen molar-refractivity contribution in [2.75, 3.05) is 0 Å². The summed E-state index contributed by atoms with van der Waals surface area (Å²) in [6, 6.07) is 5.53. The molecule has 1 aromatic heterocycles. The number of hydrogen-bond donors (Lipinski definition) is 3. The zero-order chi connectivity index (χ0) is 18.2. The second kappa shape index (κ2) is 6.27. The smallest absolute Gasteiger partial charge is 0.408 e. The molecule has 1 aliphatic carbocycles. The number of ether oxygens (including phenoxy) is 1. The summed E-state index contributed by atoms with van der Waals surface area (Å²) < 4.78 is 5.30. The number of carbonyl (C=O) groups is 2. The number of alkyl carbamates (subject to hydrolysis) is 1. The van der Waals surface area contributed by atoms with Gasteiger partial charge in [0.15, 0.2) is 0 Å². The van der Waals surface area contributed by atoms with E-state index < -0.39 is 17.6 Å². The van der Waals surface area contributed by atoms with E-state index in [0.29, 0.717) is 5.56 Å². The number of H-pyrrole nitrogens is 1. The molecule has 0 bridgehead atoms. The van der Waals surface area contributed by atoms with E-state index >= 15 is 0 Å². The quantitative estimate of drug-likeness (QED) is 0.798. The van der Waals surface area contributed by atoms with Crippen LogP contribution in [0.1, 0.15) is 49.5 Å². The van der Waals surface area contributed by atoms with E-state index in [2.05, 4.69) is 16.4 Å². The Morgan fingerprint density at radius 3 is 2.72 bits per heavy atom. The summed E-state index contributed by atoms with van der Waals surface area (Å²) >= 11 is 0. The maximum atomic E-state index is 11.9. The molecule has 3 rings (SSSR count). The predicted octanol–water partition coefficient (Wildman–Crippen LogP) is 3.34. The van der Waals surface area contributed by atoms with Crippen LogP contribution in [0.15, 0.2) is 30.5 Å². The van der Waals surface area contributed by atoms with Gasteiger partial charge in [-0.2, -0.15) is 0 Å². The van der Waals surface area contributed by atoms with Crippen LogP contribution in [0.4, 0.5) is 4.79 Å². The minimum atomic E-state index is -0.517. The van der Waals surface area contributed by atoms with Gasteiger partial charge in [-0.15, -0.1) is 0 Å². The van der Waals surface area contributed by atoms with Crippen molar-refractivity contribution in [3.8, 4) is 0 Å². The van der Waals surface area contributed by atoms with E-state index in [1.165, 1.54) is 0 Å². The van der Waals surface area contributed by atoms with Crippen molar-refractivity contribution < 1.29 is 14.3 Å². The lowest BCUT2D eigenvalue weighted by Crippen LogP contribution is -2.37. The number of amides is 2. The van der Waals surface area contributed by atoms with Gasteiger partial charge in [-0.3, -0.25) is 4.79 Å². The Morgan fingerprint density at radius 2 is 2.04 bits per heavy atom. The van der Waals surface area contributed by atoms with Crippen molar-refractivity contribution in [2.24, 2.45) is 5.73 Å². The van der Waals surface area contributed by atoms with Gasteiger partial charge in [0.1, 0.15) is 5.60 Å². The molecule has 1 atom stereocenters. The molecule has 0 aliphatic heterocycles. The molecule has 0 saturated heterocycles. The molecular formula is C19H23N3O3. The Labute approximate surface area is 146 Å². The van der Waals surface area contributed by atoms with Crippen LogP contribution in [0.5, 0.6) is 0 Å². The van der Waals surface area contributed by atoms with Crippen LogP contribution in [0, 0.1) is 0 Å². The number of benzene rings is 1. The fourth-order valence-electron chi connectivity index (χ4n) is 3.16. The van der Waals surface area contributed by atoms with E-state index in [9.17, 15) is 9.59 Å². The molecule has 1 heterocycles. The molecular weight excluding hydrogens is 318 g/mol. The highest BCUT2D eigenvalue weighted by Gasteiger charge is 2.23. The van der Waals surface area contributed by atoms with Crippen LogP contribution in [0.2, 0.25) is 0 Å². The maximum Gasteiger partial charge on any atom is 0.408 e. The molecule has 0 saturated carbocycles. The standard InChI is InChI=1S/C19H23N3O3/c1-19(2,3)25-18(24)22-12-5-4-11(10-12)13-6-7-15(17(20)23)16-14(13)8-9-21-16/h6-10,12,21H,4-5H2,1-3H3,(H2,20,23)(H,22,24). The topological polar surface area (TPSA) is 97.2 Å². The van der Waals surface area contributed by atoms with Gasteiger partial charge in [-0.25, -0.2) is 4.79 Å². The number of fused-ring (bicyclic) bond motifs is 1. The lowest BCUT2D eigenvalue weighted by molar-refractivity contribution is 0.0514. The van der Waals surface area contributed by atoms with Crippen molar-refractivity contribution in [1.29, 1.82) is 0 Å². The number of carbonyl (C=O) groups excluding carboxylic acids is 2. The molecule has 132 valence electrons. The zero-order valence-electron chi connectivity index (χ0n) is 14.7. The monoisotopic (exact) mass is 341 g/mol. The first-order valence-corrected chi connectivity index (χ1v) is 8.35. The van der Waals surface area contributed by atoms with Gasteiger partial charge in [-0.1, -0.05) is 12.1 Å². The average Bonchev–Trinajstić information content (AvgIpc) is 3.12. The maximum absolute atomic E-state index is 11.9. The van der Waals surface area contributed by atoms with Crippen LogP contribution in [0.25, 0.3) is 16.5 Å². The van der Waals surface area contributed by atoms with Gasteiger partial charge in [0.05, 0.1) is 17.1 Å². The fourth-order valence-corrected chi connectivity index (χ4v) is 3.16. The SMILES string of the molecule is CC(C)(C)OC(=O)NC1C=C(c2ccc(C(N)=O)c3[nH]ccc23)CC1. The number of primary amides is 1. The van der Waals surface area contributed by atoms with E-state index in [4.69, 9.17) is 10.5 Å². The Bertz CT molecular complexity index is 858. The van der Waals surface area contributed by atoms with Crippen LogP contribution >= 0.6 is 0 Å². The molecule has 1 aliphatic rings. The summed E-state index contributed by atoms with van der Waals surface area (Å²) in [7, 11) is 0. The third-order valence-corrected chi connectivity index (χ3v) is 4.16. The van der Waals surface area contributed by atoms with Crippen molar-refractivity contribution >= 4 is 28.5 Å². The number of nitrogens with two attached hydrogens (primary N) is 1. The van der Waals surface area contributed by atoms with Crippen LogP contribution < -0.4 is 11.1 Å². The molecule has 1 aromatic carbocycles. The van der Waals surface area contributed by atoms with Gasteiger partial charge in [0.2, 0.25) is 0 Å². The molecule has 2 amide bonds. The summed E-state index contributed by atoms with van der Waals surface area (Å²) in [4.78, 5) is 26.6. The third kappa shape index (κ3) is 3.68. The molecule has 6 nitrogen and oxygen atoms in total. The van der Waals surface area contributed by atoms with Gasteiger partial charge in [0, 0.05) is 11.6 Å².